The molecule has 0 aliphatic heterocycles. The van der Waals surface area contributed by atoms with Crippen LogP contribution in [0.25, 0.3) is 0 Å². The molecule has 0 aromatic heterocycles. The van der Waals surface area contributed by atoms with Crippen molar-refractivity contribution in [3.63, 3.8) is 0 Å². The Hall–Kier alpha value is -1.06. The minimum absolute atomic E-state index is 0.108. The molecule has 4 heteroatoms. The van der Waals surface area contributed by atoms with Crippen LogP contribution in [0.5, 0.6) is 0 Å². The van der Waals surface area contributed by atoms with Gasteiger partial charge < -0.3 is 10.2 Å². The summed E-state index contributed by atoms with van der Waals surface area (Å²) in [6.07, 6.45) is 1.01. The predicted molar refractivity (Wildman–Crippen MR) is 103 cm³/mol. The molecule has 0 aliphatic rings. The summed E-state index contributed by atoms with van der Waals surface area (Å²) in [5, 5.41) is 19.5. The van der Waals surface area contributed by atoms with Gasteiger partial charge in [-0.15, -0.1) is 0 Å². The van der Waals surface area contributed by atoms with Gasteiger partial charge >= 0.3 is 11.9 Å². The molecule has 0 amide bonds. The smallest absolute Gasteiger partial charge is 0.307 e. The van der Waals surface area contributed by atoms with Gasteiger partial charge in [0.15, 0.2) is 0 Å². The summed E-state index contributed by atoms with van der Waals surface area (Å²) in [4.78, 5) is 23.8. The van der Waals surface area contributed by atoms with Gasteiger partial charge in [-0.3, -0.25) is 9.59 Å². The van der Waals surface area contributed by atoms with Crippen molar-refractivity contribution in [1.82, 2.24) is 0 Å². The number of carbonyl (C=O) groups is 2. The lowest BCUT2D eigenvalue weighted by atomic mass is 9.47. The summed E-state index contributed by atoms with van der Waals surface area (Å²) < 4.78 is 0. The Morgan fingerprint density at radius 1 is 0.800 bits per heavy atom. The number of carboxylic acids is 2. The summed E-state index contributed by atoms with van der Waals surface area (Å²) in [5.41, 5.74) is -1.17. The van der Waals surface area contributed by atoms with Gasteiger partial charge in [0.05, 0.1) is 12.3 Å². The molecule has 0 saturated heterocycles. The zero-order chi connectivity index (χ0) is 20.4. The highest BCUT2D eigenvalue weighted by Crippen LogP contribution is 2.60. The quantitative estimate of drug-likeness (QED) is 0.584. The normalized spacial score (nSPS) is 15.3. The maximum absolute atomic E-state index is 12.3. The standard InChI is InChI=1S/C21H40O4/c1-14(2)20(9,10)21(12-18(3,4)5,13-19(6,7)8)15(17(24)25)11-16(22)23/h14-15H,11-13H2,1-10H3,(H,22,23)(H,24,25). The number of carboxylic acid groups (broad SMARTS) is 2. The molecule has 0 aromatic rings. The van der Waals surface area contributed by atoms with Crippen LogP contribution >= 0.6 is 0 Å². The Bertz CT molecular complexity index is 459. The minimum Gasteiger partial charge on any atom is -0.481 e. The monoisotopic (exact) mass is 356 g/mol. The zero-order valence-electron chi connectivity index (χ0n) is 18.0. The van der Waals surface area contributed by atoms with Crippen molar-refractivity contribution in [1.29, 1.82) is 0 Å². The van der Waals surface area contributed by atoms with Crippen molar-refractivity contribution in [3.05, 3.63) is 0 Å². The third-order valence-corrected chi connectivity index (χ3v) is 5.76. The topological polar surface area (TPSA) is 74.6 Å². The van der Waals surface area contributed by atoms with Gasteiger partial charge in [-0.2, -0.15) is 0 Å². The van der Waals surface area contributed by atoms with Crippen molar-refractivity contribution >= 4 is 11.9 Å². The average Bonchev–Trinajstić information content (AvgIpc) is 2.30. The van der Waals surface area contributed by atoms with Crippen LogP contribution in [0.2, 0.25) is 0 Å². The molecule has 1 unspecified atom stereocenters. The summed E-state index contributed by atoms with van der Waals surface area (Å²) in [5.74, 6) is -2.72. The van der Waals surface area contributed by atoms with E-state index in [0.717, 1.165) is 0 Å². The number of rotatable bonds is 8. The van der Waals surface area contributed by atoms with E-state index in [1.54, 1.807) is 0 Å². The van der Waals surface area contributed by atoms with Crippen LogP contribution in [-0.4, -0.2) is 22.2 Å². The number of hydrogen-bond acceptors (Lipinski definition) is 2. The second-order valence-electron chi connectivity index (χ2n) is 11.0. The van der Waals surface area contributed by atoms with Gasteiger partial charge in [0, 0.05) is 0 Å². The Morgan fingerprint density at radius 3 is 1.36 bits per heavy atom. The van der Waals surface area contributed by atoms with Crippen LogP contribution in [0.1, 0.15) is 88.5 Å². The van der Waals surface area contributed by atoms with Crippen LogP contribution in [-0.2, 0) is 9.59 Å². The number of hydrogen-bond donors (Lipinski definition) is 2. The molecule has 0 radical (unpaired) electrons. The van der Waals surface area contributed by atoms with E-state index < -0.39 is 23.3 Å². The molecule has 25 heavy (non-hydrogen) atoms. The van der Waals surface area contributed by atoms with Crippen LogP contribution < -0.4 is 0 Å². The third kappa shape index (κ3) is 6.31. The molecule has 0 aromatic carbocycles. The van der Waals surface area contributed by atoms with Crippen molar-refractivity contribution in [2.24, 2.45) is 33.5 Å². The Morgan fingerprint density at radius 2 is 1.16 bits per heavy atom. The van der Waals surface area contributed by atoms with Gasteiger partial charge in [0.2, 0.25) is 0 Å². The first kappa shape index (κ1) is 23.9. The molecular weight excluding hydrogens is 316 g/mol. The molecule has 0 fully saturated rings. The first-order valence-electron chi connectivity index (χ1n) is 9.30. The van der Waals surface area contributed by atoms with Gasteiger partial charge in [-0.25, -0.2) is 0 Å². The molecule has 2 N–H and O–H groups in total. The van der Waals surface area contributed by atoms with Crippen LogP contribution in [0.15, 0.2) is 0 Å². The van der Waals surface area contributed by atoms with Crippen LogP contribution in [0, 0.1) is 33.5 Å². The highest BCUT2D eigenvalue weighted by molar-refractivity contribution is 5.78. The third-order valence-electron chi connectivity index (χ3n) is 5.76. The fourth-order valence-electron chi connectivity index (χ4n) is 4.37. The summed E-state index contributed by atoms with van der Waals surface area (Å²) >= 11 is 0. The molecule has 1 atom stereocenters. The van der Waals surface area contributed by atoms with Crippen LogP contribution in [0.3, 0.4) is 0 Å². The maximum atomic E-state index is 12.3. The molecule has 0 saturated carbocycles. The van der Waals surface area contributed by atoms with Crippen molar-refractivity contribution in [3.8, 4) is 0 Å². The molecule has 0 aliphatic carbocycles. The fourth-order valence-corrected chi connectivity index (χ4v) is 4.37. The Balaban J connectivity index is 6.72. The second kappa shape index (κ2) is 7.67. The van der Waals surface area contributed by atoms with E-state index in [-0.39, 0.29) is 28.6 Å². The molecule has 148 valence electrons. The lowest BCUT2D eigenvalue weighted by Gasteiger charge is -2.57. The molecule has 0 heterocycles. The van der Waals surface area contributed by atoms with E-state index in [2.05, 4.69) is 69.2 Å². The Kier molecular flexibility index (Phi) is 7.35. The molecular formula is C21H40O4. The maximum Gasteiger partial charge on any atom is 0.307 e. The lowest BCUT2D eigenvalue weighted by molar-refractivity contribution is -0.167. The van der Waals surface area contributed by atoms with Crippen molar-refractivity contribution in [2.45, 2.75) is 88.5 Å². The first-order valence-corrected chi connectivity index (χ1v) is 9.30. The largest absolute Gasteiger partial charge is 0.481 e. The SMILES string of the molecule is CC(C)C(C)(C)C(CC(C)(C)C)(CC(C)(C)C)C(CC(=O)O)C(=O)O. The predicted octanol–water partition coefficient (Wildman–Crippen LogP) is 5.70. The average molecular weight is 357 g/mol. The Labute approximate surface area is 154 Å². The molecule has 0 spiro atoms. The van der Waals surface area contributed by atoms with Crippen molar-refractivity contribution in [2.75, 3.05) is 0 Å². The summed E-state index contributed by atoms with van der Waals surface area (Å²) in [7, 11) is 0. The fraction of sp³-hybridized carbons (Fsp3) is 0.905. The summed E-state index contributed by atoms with van der Waals surface area (Å²) in [6, 6.07) is 0. The molecule has 0 bridgehead atoms. The minimum atomic E-state index is -1.04. The van der Waals surface area contributed by atoms with Gasteiger partial charge in [-0.05, 0) is 40.4 Å². The van der Waals surface area contributed by atoms with E-state index >= 15 is 0 Å². The number of aliphatic carboxylic acids is 2. The van der Waals surface area contributed by atoms with Crippen LogP contribution in [0.4, 0.5) is 0 Å². The zero-order valence-corrected chi connectivity index (χ0v) is 18.0. The first-order chi connectivity index (χ1) is 10.9. The van der Waals surface area contributed by atoms with E-state index in [1.807, 2.05) is 0 Å². The van der Waals surface area contributed by atoms with E-state index in [4.69, 9.17) is 0 Å². The van der Waals surface area contributed by atoms with Gasteiger partial charge in [-0.1, -0.05) is 69.2 Å². The van der Waals surface area contributed by atoms with E-state index in [1.165, 1.54) is 0 Å². The van der Waals surface area contributed by atoms with E-state index in [0.29, 0.717) is 12.8 Å². The van der Waals surface area contributed by atoms with Gasteiger partial charge in [0.1, 0.15) is 0 Å². The highest BCUT2D eigenvalue weighted by atomic mass is 16.4. The molecule has 4 nitrogen and oxygen atoms in total. The molecule has 0 rings (SSSR count). The van der Waals surface area contributed by atoms with E-state index in [9.17, 15) is 19.8 Å². The van der Waals surface area contributed by atoms with Gasteiger partial charge in [0.25, 0.3) is 0 Å². The second-order valence-corrected chi connectivity index (χ2v) is 11.0. The lowest BCUT2D eigenvalue weighted by Crippen LogP contribution is -2.53. The summed E-state index contributed by atoms with van der Waals surface area (Å²) in [6.45, 7) is 21.1. The highest BCUT2D eigenvalue weighted by Gasteiger charge is 2.57. The van der Waals surface area contributed by atoms with Crippen molar-refractivity contribution < 1.29 is 19.8 Å².